The van der Waals surface area contributed by atoms with Crippen LogP contribution in [0.15, 0.2) is 77.2 Å². The van der Waals surface area contributed by atoms with Gasteiger partial charge in [0.15, 0.2) is 0 Å². The third kappa shape index (κ3) is 4.08. The third-order valence-corrected chi connectivity index (χ3v) is 6.18. The number of nitrogens with two attached hydrogens (primary N) is 1. The Morgan fingerprint density at radius 3 is 2.63 bits per heavy atom. The van der Waals surface area contributed by atoms with Gasteiger partial charge in [0.05, 0.1) is 18.3 Å². The van der Waals surface area contributed by atoms with Gasteiger partial charge in [-0.1, -0.05) is 23.8 Å². The summed E-state index contributed by atoms with van der Waals surface area (Å²) < 4.78 is 30.6. The Kier molecular flexibility index (Phi) is 5.32. The summed E-state index contributed by atoms with van der Waals surface area (Å²) in [6.07, 6.45) is 8.44. The third-order valence-electron chi connectivity index (χ3n) is 5.25. The summed E-state index contributed by atoms with van der Waals surface area (Å²) in [5.74, 6) is 0.820. The number of benzene rings is 2. The summed E-state index contributed by atoms with van der Waals surface area (Å²) in [4.78, 5) is 4.26. The molecule has 0 amide bonds. The lowest BCUT2D eigenvalue weighted by Gasteiger charge is -2.15. The topological polar surface area (TPSA) is 87.2 Å². The summed E-state index contributed by atoms with van der Waals surface area (Å²) in [5.41, 5.74) is 6.91. The fraction of sp³-hybridized carbons (Fsp3) is 0.174. The summed E-state index contributed by atoms with van der Waals surface area (Å²) in [6.45, 7) is 2.79. The number of methoxy groups -OCH3 is 1. The second kappa shape index (κ2) is 7.93. The van der Waals surface area contributed by atoms with E-state index < -0.39 is 10.0 Å². The van der Waals surface area contributed by atoms with Gasteiger partial charge in [0, 0.05) is 18.9 Å². The van der Waals surface area contributed by atoms with Gasteiger partial charge in [-0.25, -0.2) is 18.5 Å². The Bertz CT molecular complexity index is 1240. The minimum Gasteiger partial charge on any atom is -0.497 e. The molecule has 0 spiro atoms. The maximum Gasteiger partial charge on any atom is 0.238 e. The number of allylic oxidation sites excluding steroid dienone is 3. The Morgan fingerprint density at radius 1 is 1.23 bits per heavy atom. The zero-order valence-electron chi connectivity index (χ0n) is 16.9. The van der Waals surface area contributed by atoms with Crippen molar-refractivity contribution in [3.05, 3.63) is 89.0 Å². The monoisotopic (exact) mass is 421 g/mol. The first-order valence-electron chi connectivity index (χ1n) is 9.52. The second-order valence-electron chi connectivity index (χ2n) is 7.37. The van der Waals surface area contributed by atoms with Gasteiger partial charge in [-0.05, 0) is 71.5 Å². The van der Waals surface area contributed by atoms with Crippen LogP contribution in [-0.4, -0.2) is 25.1 Å². The molecule has 6 nitrogen and oxygen atoms in total. The van der Waals surface area contributed by atoms with Crippen LogP contribution in [0.5, 0.6) is 5.75 Å². The van der Waals surface area contributed by atoms with E-state index in [1.54, 1.807) is 31.8 Å². The number of ether oxygens (including phenoxy) is 1. The van der Waals surface area contributed by atoms with Gasteiger partial charge < -0.3 is 9.30 Å². The van der Waals surface area contributed by atoms with Crippen LogP contribution in [0.2, 0.25) is 0 Å². The number of primary sulfonamides is 1. The van der Waals surface area contributed by atoms with Gasteiger partial charge in [-0.3, -0.25) is 0 Å². The van der Waals surface area contributed by atoms with E-state index in [-0.39, 0.29) is 4.90 Å². The Hall–Kier alpha value is -3.16. The molecule has 4 rings (SSSR count). The molecule has 1 aromatic heterocycles. The van der Waals surface area contributed by atoms with Crippen LogP contribution in [-0.2, 0) is 23.0 Å². The van der Waals surface area contributed by atoms with Gasteiger partial charge in [0.2, 0.25) is 10.0 Å². The van der Waals surface area contributed by atoms with E-state index in [0.717, 1.165) is 23.3 Å². The van der Waals surface area contributed by atoms with Crippen molar-refractivity contribution < 1.29 is 13.2 Å². The molecule has 0 saturated heterocycles. The predicted octanol–water partition coefficient (Wildman–Crippen LogP) is 3.65. The lowest BCUT2D eigenvalue weighted by atomic mass is 9.95. The van der Waals surface area contributed by atoms with E-state index in [9.17, 15) is 8.42 Å². The van der Waals surface area contributed by atoms with Crippen molar-refractivity contribution in [3.8, 4) is 5.75 Å². The average molecular weight is 422 g/mol. The minimum absolute atomic E-state index is 0.0992. The summed E-state index contributed by atoms with van der Waals surface area (Å²) in [6, 6.07) is 12.8. The molecule has 1 aliphatic rings. The van der Waals surface area contributed by atoms with Crippen LogP contribution in [0, 0.1) is 0 Å². The number of rotatable bonds is 6. The van der Waals surface area contributed by atoms with Crippen LogP contribution < -0.4 is 9.88 Å². The molecule has 1 heterocycles. The Labute approximate surface area is 176 Å². The molecule has 0 radical (unpaired) electrons. The predicted molar refractivity (Wildman–Crippen MR) is 117 cm³/mol. The van der Waals surface area contributed by atoms with Gasteiger partial charge >= 0.3 is 0 Å². The number of fused-ring (bicyclic) bond motifs is 1. The highest BCUT2D eigenvalue weighted by Crippen LogP contribution is 2.40. The second-order valence-corrected chi connectivity index (χ2v) is 8.94. The van der Waals surface area contributed by atoms with Gasteiger partial charge in [0.25, 0.3) is 0 Å². The molecule has 30 heavy (non-hydrogen) atoms. The smallest absolute Gasteiger partial charge is 0.238 e. The largest absolute Gasteiger partial charge is 0.497 e. The number of hydrogen-bond acceptors (Lipinski definition) is 4. The van der Waals surface area contributed by atoms with E-state index in [4.69, 9.17) is 9.88 Å². The van der Waals surface area contributed by atoms with Crippen molar-refractivity contribution in [2.75, 3.05) is 7.11 Å². The fourth-order valence-corrected chi connectivity index (χ4v) is 4.36. The van der Waals surface area contributed by atoms with Crippen molar-refractivity contribution in [1.29, 1.82) is 0 Å². The van der Waals surface area contributed by atoms with Crippen molar-refractivity contribution in [2.45, 2.75) is 24.8 Å². The van der Waals surface area contributed by atoms with Crippen molar-refractivity contribution in [2.24, 2.45) is 5.14 Å². The first kappa shape index (κ1) is 20.1. The lowest BCUT2D eigenvalue weighted by molar-refractivity contribution is 0.414. The summed E-state index contributed by atoms with van der Waals surface area (Å²) in [7, 11) is -2.05. The molecule has 2 N–H and O–H groups in total. The number of imidazole rings is 1. The van der Waals surface area contributed by atoms with Crippen LogP contribution >= 0.6 is 0 Å². The van der Waals surface area contributed by atoms with Crippen molar-refractivity contribution in [1.82, 2.24) is 9.55 Å². The molecule has 0 saturated carbocycles. The Balaban J connectivity index is 1.80. The van der Waals surface area contributed by atoms with Gasteiger partial charge in [0.1, 0.15) is 5.75 Å². The minimum atomic E-state index is -3.72. The Morgan fingerprint density at radius 2 is 2.00 bits per heavy atom. The van der Waals surface area contributed by atoms with Crippen LogP contribution in [0.1, 0.15) is 23.6 Å². The number of hydrogen-bond donors (Lipinski definition) is 1. The number of aromatic nitrogens is 2. The summed E-state index contributed by atoms with van der Waals surface area (Å²) >= 11 is 0. The summed E-state index contributed by atoms with van der Waals surface area (Å²) in [5, 5.41) is 5.22. The quantitative estimate of drug-likeness (QED) is 0.658. The molecule has 0 atom stereocenters. The van der Waals surface area contributed by atoms with Crippen molar-refractivity contribution >= 4 is 21.7 Å². The standard InChI is InChI=1S/C23H23N3O3S/c1-16-11-18-5-6-20(29-2)13-22(18)23(16)19(14-26-10-9-25-15-26)12-17-3-7-21(8-4-17)30(24,27)28/h3-10,12-13,15H,11,14H2,1-2H3,(H2,24,27,28). The molecule has 0 fully saturated rings. The van der Waals surface area contributed by atoms with E-state index >= 15 is 0 Å². The highest BCUT2D eigenvalue weighted by Gasteiger charge is 2.23. The molecular formula is C23H23N3O3S. The first-order valence-corrected chi connectivity index (χ1v) is 11.1. The van der Waals surface area contributed by atoms with Crippen LogP contribution in [0.3, 0.4) is 0 Å². The number of nitrogens with zero attached hydrogens (tertiary/aromatic N) is 2. The molecule has 7 heteroatoms. The normalized spacial score (nSPS) is 14.2. The van der Waals surface area contributed by atoms with Gasteiger partial charge in [-0.2, -0.15) is 0 Å². The highest BCUT2D eigenvalue weighted by atomic mass is 32.2. The van der Waals surface area contributed by atoms with E-state index in [2.05, 4.69) is 30.1 Å². The van der Waals surface area contributed by atoms with Crippen LogP contribution in [0.25, 0.3) is 11.6 Å². The molecule has 0 bridgehead atoms. The molecule has 0 aliphatic heterocycles. The zero-order chi connectivity index (χ0) is 21.3. The highest BCUT2D eigenvalue weighted by molar-refractivity contribution is 7.89. The molecule has 154 valence electrons. The molecular weight excluding hydrogens is 398 g/mol. The maximum atomic E-state index is 11.6. The van der Waals surface area contributed by atoms with E-state index in [1.807, 2.05) is 16.8 Å². The van der Waals surface area contributed by atoms with Gasteiger partial charge in [-0.15, -0.1) is 0 Å². The van der Waals surface area contributed by atoms with Crippen LogP contribution in [0.4, 0.5) is 0 Å². The SMILES string of the molecule is COc1ccc2c(c1)C(C(=Cc1ccc(S(N)(=O)=O)cc1)Cn1ccnc1)=C(C)C2. The lowest BCUT2D eigenvalue weighted by Crippen LogP contribution is -2.11. The molecule has 1 aliphatic carbocycles. The fourth-order valence-electron chi connectivity index (χ4n) is 3.85. The molecule has 2 aromatic carbocycles. The van der Waals surface area contributed by atoms with E-state index in [1.165, 1.54) is 34.4 Å². The zero-order valence-corrected chi connectivity index (χ0v) is 17.7. The molecule has 0 unspecified atom stereocenters. The maximum absolute atomic E-state index is 11.6. The first-order chi connectivity index (χ1) is 14.3. The van der Waals surface area contributed by atoms with Crippen molar-refractivity contribution in [3.63, 3.8) is 0 Å². The molecule has 3 aromatic rings. The van der Waals surface area contributed by atoms with E-state index in [0.29, 0.717) is 6.54 Å². The number of sulfonamides is 1. The average Bonchev–Trinajstić information content (AvgIpc) is 3.33.